The average Bonchev–Trinajstić information content (AvgIpc) is 2.86. The van der Waals surface area contributed by atoms with Crippen molar-refractivity contribution in [1.29, 1.82) is 0 Å². The number of carbonyl (C=O) groups excluding carboxylic acids is 1. The Morgan fingerprint density at radius 1 is 1.06 bits per heavy atom. The molecular formula is C14H15NO. The van der Waals surface area contributed by atoms with Gasteiger partial charge in [0.25, 0.3) is 0 Å². The fourth-order valence-corrected chi connectivity index (χ4v) is 2.70. The fraction of sp³-hybridized carbons (Fsp3) is 0.357. The van der Waals surface area contributed by atoms with Crippen LogP contribution in [0.15, 0.2) is 41.6 Å². The van der Waals surface area contributed by atoms with Gasteiger partial charge in [-0.05, 0) is 30.4 Å². The Hall–Kier alpha value is -1.57. The molecule has 0 aliphatic carbocycles. The Morgan fingerprint density at radius 3 is 2.69 bits per heavy atom. The Bertz CT molecular complexity index is 447. The smallest absolute Gasteiger partial charge is 0.227 e. The third-order valence-electron chi connectivity index (χ3n) is 3.51. The van der Waals surface area contributed by atoms with Crippen molar-refractivity contribution in [2.45, 2.75) is 25.7 Å². The topological polar surface area (TPSA) is 20.3 Å². The van der Waals surface area contributed by atoms with E-state index >= 15 is 0 Å². The van der Waals surface area contributed by atoms with Crippen LogP contribution < -0.4 is 0 Å². The molecule has 2 aliphatic heterocycles. The molecule has 2 nitrogen and oxygen atoms in total. The monoisotopic (exact) mass is 213 g/mol. The van der Waals surface area contributed by atoms with Crippen LogP contribution in [0, 0.1) is 0 Å². The van der Waals surface area contributed by atoms with Gasteiger partial charge in [-0.25, -0.2) is 0 Å². The normalized spacial score (nSPS) is 19.5. The zero-order valence-corrected chi connectivity index (χ0v) is 9.28. The third-order valence-corrected chi connectivity index (χ3v) is 3.51. The van der Waals surface area contributed by atoms with Crippen LogP contribution in [0.5, 0.6) is 0 Å². The minimum Gasteiger partial charge on any atom is -0.316 e. The van der Waals surface area contributed by atoms with Gasteiger partial charge in [-0.3, -0.25) is 4.79 Å². The summed E-state index contributed by atoms with van der Waals surface area (Å²) in [6, 6.07) is 10.5. The zero-order valence-electron chi connectivity index (χ0n) is 9.28. The number of nitrogens with zero attached hydrogens (tertiary/aromatic N) is 1. The number of amides is 1. The van der Waals surface area contributed by atoms with E-state index in [1.807, 2.05) is 11.0 Å². The van der Waals surface area contributed by atoms with E-state index in [1.54, 1.807) is 0 Å². The minimum absolute atomic E-state index is 0.318. The molecule has 0 atom stereocenters. The molecule has 82 valence electrons. The van der Waals surface area contributed by atoms with Crippen LogP contribution in [0.3, 0.4) is 0 Å². The summed E-state index contributed by atoms with van der Waals surface area (Å²) >= 11 is 0. The first-order valence-corrected chi connectivity index (χ1v) is 5.90. The summed E-state index contributed by atoms with van der Waals surface area (Å²) in [6.07, 6.45) is 3.75. The summed E-state index contributed by atoms with van der Waals surface area (Å²) in [5.41, 5.74) is 4.14. The number of hydrogen-bond acceptors (Lipinski definition) is 1. The lowest BCUT2D eigenvalue weighted by molar-refractivity contribution is -0.126. The molecule has 1 amide bonds. The molecule has 1 aromatic rings. The highest BCUT2D eigenvalue weighted by Gasteiger charge is 2.32. The summed E-state index contributed by atoms with van der Waals surface area (Å²) in [4.78, 5) is 13.5. The summed E-state index contributed by atoms with van der Waals surface area (Å²) in [6.45, 7) is 0.913. The first-order valence-electron chi connectivity index (χ1n) is 5.90. The Kier molecular flexibility index (Phi) is 2.28. The van der Waals surface area contributed by atoms with E-state index in [0.717, 1.165) is 25.8 Å². The van der Waals surface area contributed by atoms with Crippen molar-refractivity contribution in [2.75, 3.05) is 6.54 Å². The van der Waals surface area contributed by atoms with Gasteiger partial charge in [-0.2, -0.15) is 0 Å². The number of rotatable bonds is 2. The second-order valence-corrected chi connectivity index (χ2v) is 4.51. The maximum absolute atomic E-state index is 11.5. The van der Waals surface area contributed by atoms with Crippen LogP contribution >= 0.6 is 0 Å². The maximum atomic E-state index is 11.5. The van der Waals surface area contributed by atoms with E-state index < -0.39 is 0 Å². The summed E-state index contributed by atoms with van der Waals surface area (Å²) < 4.78 is 0. The summed E-state index contributed by atoms with van der Waals surface area (Å²) in [5, 5.41) is 0. The van der Waals surface area contributed by atoms with E-state index in [4.69, 9.17) is 0 Å². The second kappa shape index (κ2) is 3.78. The molecule has 2 heteroatoms. The second-order valence-electron chi connectivity index (χ2n) is 4.51. The molecule has 1 saturated heterocycles. The predicted molar refractivity (Wildman–Crippen MR) is 62.7 cm³/mol. The van der Waals surface area contributed by atoms with Crippen LogP contribution in [0.4, 0.5) is 0 Å². The minimum atomic E-state index is 0.318. The number of benzene rings is 1. The maximum Gasteiger partial charge on any atom is 0.227 e. The highest BCUT2D eigenvalue weighted by atomic mass is 16.2. The van der Waals surface area contributed by atoms with E-state index in [0.29, 0.717) is 12.3 Å². The molecule has 0 radical (unpaired) electrons. The Labute approximate surface area is 95.6 Å². The SMILES string of the molecule is O=C1CCC2=C(Cc3ccccc3)CCN12. The third kappa shape index (κ3) is 1.54. The largest absolute Gasteiger partial charge is 0.316 e. The molecule has 1 aromatic carbocycles. The molecular weight excluding hydrogens is 198 g/mol. The predicted octanol–water partition coefficient (Wildman–Crippen LogP) is 2.51. The molecule has 0 N–H and O–H groups in total. The van der Waals surface area contributed by atoms with Crippen LogP contribution in [0.25, 0.3) is 0 Å². The molecule has 0 bridgehead atoms. The van der Waals surface area contributed by atoms with Crippen molar-refractivity contribution in [3.63, 3.8) is 0 Å². The van der Waals surface area contributed by atoms with E-state index in [9.17, 15) is 4.79 Å². The molecule has 0 unspecified atom stereocenters. The Balaban J connectivity index is 1.84. The fourth-order valence-electron chi connectivity index (χ4n) is 2.70. The van der Waals surface area contributed by atoms with Crippen molar-refractivity contribution in [3.8, 4) is 0 Å². The quantitative estimate of drug-likeness (QED) is 0.739. The lowest BCUT2D eigenvalue weighted by atomic mass is 10.0. The van der Waals surface area contributed by atoms with Gasteiger partial charge in [0, 0.05) is 18.7 Å². The van der Waals surface area contributed by atoms with E-state index in [1.165, 1.54) is 16.8 Å². The molecule has 2 aliphatic rings. The first kappa shape index (κ1) is 9.64. The number of fused-ring (bicyclic) bond motifs is 1. The highest BCUT2D eigenvalue weighted by molar-refractivity contribution is 5.82. The van der Waals surface area contributed by atoms with Crippen molar-refractivity contribution in [2.24, 2.45) is 0 Å². The van der Waals surface area contributed by atoms with Crippen LogP contribution in [-0.2, 0) is 11.2 Å². The van der Waals surface area contributed by atoms with E-state index in [2.05, 4.69) is 24.3 Å². The molecule has 16 heavy (non-hydrogen) atoms. The zero-order chi connectivity index (χ0) is 11.0. The summed E-state index contributed by atoms with van der Waals surface area (Å²) in [7, 11) is 0. The van der Waals surface area contributed by atoms with Crippen molar-refractivity contribution < 1.29 is 4.79 Å². The van der Waals surface area contributed by atoms with E-state index in [-0.39, 0.29) is 0 Å². The van der Waals surface area contributed by atoms with Gasteiger partial charge in [0.2, 0.25) is 5.91 Å². The van der Waals surface area contributed by atoms with Crippen molar-refractivity contribution in [1.82, 2.24) is 4.90 Å². The molecule has 0 aromatic heterocycles. The van der Waals surface area contributed by atoms with Crippen LogP contribution in [0.2, 0.25) is 0 Å². The van der Waals surface area contributed by atoms with Gasteiger partial charge >= 0.3 is 0 Å². The van der Waals surface area contributed by atoms with Gasteiger partial charge in [-0.15, -0.1) is 0 Å². The molecule has 0 spiro atoms. The summed E-state index contributed by atoms with van der Waals surface area (Å²) in [5.74, 6) is 0.318. The van der Waals surface area contributed by atoms with Crippen LogP contribution in [-0.4, -0.2) is 17.4 Å². The molecule has 0 saturated carbocycles. The highest BCUT2D eigenvalue weighted by Crippen LogP contribution is 2.34. The lowest BCUT2D eigenvalue weighted by Crippen LogP contribution is -2.19. The number of carbonyl (C=O) groups is 1. The molecule has 1 fully saturated rings. The number of allylic oxidation sites excluding steroid dienone is 1. The van der Waals surface area contributed by atoms with Gasteiger partial charge in [-0.1, -0.05) is 30.3 Å². The van der Waals surface area contributed by atoms with Gasteiger partial charge < -0.3 is 4.90 Å². The average molecular weight is 213 g/mol. The molecule has 2 heterocycles. The van der Waals surface area contributed by atoms with Gasteiger partial charge in [0.15, 0.2) is 0 Å². The number of hydrogen-bond donors (Lipinski definition) is 0. The Morgan fingerprint density at radius 2 is 1.88 bits per heavy atom. The van der Waals surface area contributed by atoms with Crippen LogP contribution in [0.1, 0.15) is 24.8 Å². The van der Waals surface area contributed by atoms with Crippen molar-refractivity contribution in [3.05, 3.63) is 47.2 Å². The van der Waals surface area contributed by atoms with Gasteiger partial charge in [0.05, 0.1) is 0 Å². The first-order chi connectivity index (χ1) is 7.84. The standard InChI is InChI=1S/C14H15NO/c16-14-7-6-13-12(8-9-15(13)14)10-11-4-2-1-3-5-11/h1-5H,6-10H2. The van der Waals surface area contributed by atoms with Crippen molar-refractivity contribution >= 4 is 5.91 Å². The van der Waals surface area contributed by atoms with Gasteiger partial charge in [0.1, 0.15) is 0 Å². The molecule has 3 rings (SSSR count). The lowest BCUT2D eigenvalue weighted by Gasteiger charge is -2.09.